The first kappa shape index (κ1) is 22.6. The third-order valence-electron chi connectivity index (χ3n) is 9.01. The van der Waals surface area contributed by atoms with Gasteiger partial charge in [0.05, 0.1) is 0 Å². The third kappa shape index (κ3) is 5.34. The Hall–Kier alpha value is -0.0800. The molecule has 3 aliphatic carbocycles. The molecule has 164 valence electrons. The molecular formula is C26H50N2. The minimum Gasteiger partial charge on any atom is -0.309 e. The van der Waals surface area contributed by atoms with Crippen LogP contribution in [0.25, 0.3) is 0 Å². The molecule has 2 heteroatoms. The lowest BCUT2D eigenvalue weighted by atomic mass is 9.72. The molecule has 0 aromatic heterocycles. The lowest BCUT2D eigenvalue weighted by molar-refractivity contribution is 0.111. The lowest BCUT2D eigenvalue weighted by Gasteiger charge is -2.46. The summed E-state index contributed by atoms with van der Waals surface area (Å²) in [5.74, 6) is 3.62. The van der Waals surface area contributed by atoms with Gasteiger partial charge >= 0.3 is 0 Å². The normalized spacial score (nSPS) is 42.4. The number of nitrogens with one attached hydrogen (secondary N) is 2. The number of hydrogen-bond acceptors (Lipinski definition) is 2. The minimum absolute atomic E-state index is 0.705. The second-order valence-electron chi connectivity index (χ2n) is 10.4. The fraction of sp³-hybridized carbons (Fsp3) is 1.00. The summed E-state index contributed by atoms with van der Waals surface area (Å²) in [5.41, 5.74) is 0. The summed E-state index contributed by atoms with van der Waals surface area (Å²) >= 11 is 0. The summed E-state index contributed by atoms with van der Waals surface area (Å²) < 4.78 is 0. The van der Waals surface area contributed by atoms with Crippen molar-refractivity contribution >= 4 is 0 Å². The van der Waals surface area contributed by atoms with Crippen molar-refractivity contribution in [3.63, 3.8) is 0 Å². The Morgan fingerprint density at radius 1 is 0.464 bits per heavy atom. The van der Waals surface area contributed by atoms with Crippen molar-refractivity contribution in [3.05, 3.63) is 0 Å². The van der Waals surface area contributed by atoms with E-state index in [2.05, 4.69) is 38.3 Å². The molecule has 2 nitrogen and oxygen atoms in total. The maximum Gasteiger partial charge on any atom is 0.0224 e. The van der Waals surface area contributed by atoms with Crippen LogP contribution in [0.4, 0.5) is 0 Å². The van der Waals surface area contributed by atoms with Gasteiger partial charge in [-0.3, -0.25) is 0 Å². The Morgan fingerprint density at radius 2 is 0.786 bits per heavy atom. The van der Waals surface area contributed by atoms with Crippen LogP contribution in [0.1, 0.15) is 118 Å². The zero-order valence-electron chi connectivity index (χ0n) is 19.5. The molecule has 6 atom stereocenters. The van der Waals surface area contributed by atoms with Gasteiger partial charge in [0.2, 0.25) is 0 Å². The van der Waals surface area contributed by atoms with Gasteiger partial charge in [-0.05, 0) is 62.2 Å². The molecule has 28 heavy (non-hydrogen) atoms. The van der Waals surface area contributed by atoms with E-state index < -0.39 is 0 Å². The highest BCUT2D eigenvalue weighted by atomic mass is 15.1. The smallest absolute Gasteiger partial charge is 0.0224 e. The van der Waals surface area contributed by atoms with E-state index in [9.17, 15) is 0 Å². The fourth-order valence-corrected chi connectivity index (χ4v) is 7.17. The molecular weight excluding hydrogens is 340 g/mol. The molecule has 3 rings (SSSR count). The summed E-state index contributed by atoms with van der Waals surface area (Å²) in [6, 6.07) is 2.95. The van der Waals surface area contributed by atoms with Crippen LogP contribution in [0, 0.1) is 23.7 Å². The first-order valence-corrected chi connectivity index (χ1v) is 13.2. The molecule has 0 radical (unpaired) electrons. The van der Waals surface area contributed by atoms with E-state index in [0.29, 0.717) is 12.1 Å². The molecule has 3 fully saturated rings. The van der Waals surface area contributed by atoms with E-state index in [0.717, 1.165) is 35.8 Å². The zero-order valence-corrected chi connectivity index (χ0v) is 19.5. The van der Waals surface area contributed by atoms with Gasteiger partial charge in [-0.1, -0.05) is 79.1 Å². The highest BCUT2D eigenvalue weighted by Crippen LogP contribution is 2.37. The van der Waals surface area contributed by atoms with E-state index in [1.54, 1.807) is 0 Å². The zero-order chi connectivity index (χ0) is 19.9. The largest absolute Gasteiger partial charge is 0.309 e. The predicted octanol–water partition coefficient (Wildman–Crippen LogP) is 6.69. The van der Waals surface area contributed by atoms with E-state index in [4.69, 9.17) is 0 Å². The van der Waals surface area contributed by atoms with Gasteiger partial charge in [0.15, 0.2) is 0 Å². The monoisotopic (exact) mass is 390 g/mol. The van der Waals surface area contributed by atoms with Crippen molar-refractivity contribution in [2.75, 3.05) is 0 Å². The summed E-state index contributed by atoms with van der Waals surface area (Å²) in [4.78, 5) is 0. The van der Waals surface area contributed by atoms with Crippen LogP contribution in [-0.4, -0.2) is 24.2 Å². The van der Waals surface area contributed by atoms with Gasteiger partial charge in [-0.15, -0.1) is 0 Å². The number of rotatable bonds is 8. The van der Waals surface area contributed by atoms with Crippen molar-refractivity contribution in [1.29, 1.82) is 0 Å². The summed E-state index contributed by atoms with van der Waals surface area (Å²) in [5, 5.41) is 8.61. The standard InChI is InChI=1S/C26H50N2/c1-5-19-13-11-14-20(6-2)25(19)27-23-17-9-10-18-24(23)28-26-21(7-3)15-12-16-22(26)8-4/h19-28H,5-18H2,1-4H3. The van der Waals surface area contributed by atoms with Crippen molar-refractivity contribution in [2.45, 2.75) is 142 Å². The molecule has 0 aromatic rings. The van der Waals surface area contributed by atoms with E-state index in [1.165, 1.54) is 89.9 Å². The Balaban J connectivity index is 1.68. The van der Waals surface area contributed by atoms with Crippen molar-refractivity contribution < 1.29 is 0 Å². The van der Waals surface area contributed by atoms with Gasteiger partial charge in [-0.25, -0.2) is 0 Å². The highest BCUT2D eigenvalue weighted by Gasteiger charge is 2.38. The van der Waals surface area contributed by atoms with Gasteiger partial charge in [0, 0.05) is 24.2 Å². The maximum absolute atomic E-state index is 4.30. The SMILES string of the molecule is CCC1CCCC(CC)C1NC1CCCCC1NC1C(CC)CCCC1CC. The summed E-state index contributed by atoms with van der Waals surface area (Å²) in [7, 11) is 0. The van der Waals surface area contributed by atoms with Gasteiger partial charge in [-0.2, -0.15) is 0 Å². The Kier molecular flexibility index (Phi) is 9.16. The second kappa shape index (κ2) is 11.3. The van der Waals surface area contributed by atoms with Gasteiger partial charge in [0.25, 0.3) is 0 Å². The Labute approximate surface area is 176 Å². The van der Waals surface area contributed by atoms with Crippen LogP contribution in [0.2, 0.25) is 0 Å². The summed E-state index contributed by atoms with van der Waals surface area (Å²) in [6.45, 7) is 9.70. The Morgan fingerprint density at radius 3 is 1.07 bits per heavy atom. The van der Waals surface area contributed by atoms with E-state index in [-0.39, 0.29) is 0 Å². The first-order valence-electron chi connectivity index (χ1n) is 13.2. The number of hydrogen-bond donors (Lipinski definition) is 2. The molecule has 6 unspecified atom stereocenters. The predicted molar refractivity (Wildman–Crippen MR) is 123 cm³/mol. The minimum atomic E-state index is 0.705. The quantitative estimate of drug-likeness (QED) is 0.482. The van der Waals surface area contributed by atoms with Crippen LogP contribution in [0.15, 0.2) is 0 Å². The van der Waals surface area contributed by atoms with Crippen molar-refractivity contribution in [3.8, 4) is 0 Å². The van der Waals surface area contributed by atoms with Crippen LogP contribution in [0.5, 0.6) is 0 Å². The van der Waals surface area contributed by atoms with E-state index >= 15 is 0 Å². The molecule has 0 aromatic carbocycles. The van der Waals surface area contributed by atoms with Crippen LogP contribution in [-0.2, 0) is 0 Å². The third-order valence-corrected chi connectivity index (χ3v) is 9.01. The van der Waals surface area contributed by atoms with Crippen LogP contribution < -0.4 is 10.6 Å². The molecule has 0 aliphatic heterocycles. The topological polar surface area (TPSA) is 24.1 Å². The molecule has 3 saturated carbocycles. The first-order chi connectivity index (χ1) is 13.7. The highest BCUT2D eigenvalue weighted by molar-refractivity contribution is 4.97. The van der Waals surface area contributed by atoms with Crippen LogP contribution in [0.3, 0.4) is 0 Å². The molecule has 3 aliphatic rings. The second-order valence-corrected chi connectivity index (χ2v) is 10.4. The van der Waals surface area contributed by atoms with Crippen molar-refractivity contribution in [1.82, 2.24) is 10.6 Å². The molecule has 2 N–H and O–H groups in total. The fourth-order valence-electron chi connectivity index (χ4n) is 7.17. The molecule has 0 amide bonds. The van der Waals surface area contributed by atoms with Gasteiger partial charge in [0.1, 0.15) is 0 Å². The molecule has 0 saturated heterocycles. The average molecular weight is 391 g/mol. The molecule has 0 heterocycles. The van der Waals surface area contributed by atoms with E-state index in [1.807, 2.05) is 0 Å². The Bertz CT molecular complexity index is 372. The van der Waals surface area contributed by atoms with Gasteiger partial charge < -0.3 is 10.6 Å². The maximum atomic E-state index is 4.30. The summed E-state index contributed by atoms with van der Waals surface area (Å²) in [6.07, 6.45) is 19.8. The lowest BCUT2D eigenvalue weighted by Crippen LogP contribution is -2.60. The average Bonchev–Trinajstić information content (AvgIpc) is 2.75. The van der Waals surface area contributed by atoms with Crippen molar-refractivity contribution in [2.24, 2.45) is 23.7 Å². The molecule has 0 bridgehead atoms. The molecule has 0 spiro atoms. The van der Waals surface area contributed by atoms with Crippen LogP contribution >= 0.6 is 0 Å².